The van der Waals surface area contributed by atoms with Crippen LogP contribution >= 0.6 is 0 Å². The Bertz CT molecular complexity index is 1160. The molecule has 3 saturated heterocycles. The molecule has 5 rings (SSSR count). The van der Waals surface area contributed by atoms with Crippen molar-refractivity contribution in [3.63, 3.8) is 0 Å². The van der Waals surface area contributed by atoms with Crippen LogP contribution < -0.4 is 20.3 Å². The molecule has 1 atom stereocenters. The van der Waals surface area contributed by atoms with Crippen LogP contribution in [0, 0.1) is 5.92 Å². The summed E-state index contributed by atoms with van der Waals surface area (Å²) in [6.07, 6.45) is 1.47. The van der Waals surface area contributed by atoms with Gasteiger partial charge in [-0.15, -0.1) is 0 Å². The number of piperazine rings is 1. The van der Waals surface area contributed by atoms with Gasteiger partial charge in [-0.1, -0.05) is 35.4 Å². The molecule has 11 heteroatoms. The van der Waals surface area contributed by atoms with Crippen molar-refractivity contribution in [1.82, 2.24) is 25.5 Å². The zero-order valence-corrected chi connectivity index (χ0v) is 23.7. The van der Waals surface area contributed by atoms with Gasteiger partial charge in [-0.3, -0.25) is 9.69 Å². The van der Waals surface area contributed by atoms with E-state index in [-0.39, 0.29) is 0 Å². The number of hydroxylamine groups is 2. The van der Waals surface area contributed by atoms with Crippen LogP contribution in [-0.4, -0.2) is 97.9 Å². The van der Waals surface area contributed by atoms with Gasteiger partial charge in [-0.25, -0.2) is 9.59 Å². The first-order valence-corrected chi connectivity index (χ1v) is 14.6. The molecule has 2 N–H and O–H groups in total. The zero-order valence-electron chi connectivity index (χ0n) is 23.7. The summed E-state index contributed by atoms with van der Waals surface area (Å²) in [6.45, 7) is 8.75. The van der Waals surface area contributed by atoms with Crippen LogP contribution in [0.1, 0.15) is 25.3 Å². The number of nitrogens with zero attached hydrogens (tertiary/aromatic N) is 4. The highest BCUT2D eigenvalue weighted by molar-refractivity contribution is 6.04. The van der Waals surface area contributed by atoms with Crippen LogP contribution in [0.25, 0.3) is 0 Å². The van der Waals surface area contributed by atoms with Crippen LogP contribution in [0.5, 0.6) is 5.75 Å². The number of rotatable bonds is 10. The number of hydrogen-bond acceptors (Lipinski definition) is 8. The fourth-order valence-electron chi connectivity index (χ4n) is 5.56. The minimum Gasteiger partial charge on any atom is -0.494 e. The largest absolute Gasteiger partial charge is 0.494 e. The number of likely N-dealkylation sites (tertiary alicyclic amines) is 1. The average Bonchev–Trinajstić information content (AvgIpc) is 3.26. The molecule has 0 saturated carbocycles. The van der Waals surface area contributed by atoms with Crippen molar-refractivity contribution in [2.75, 3.05) is 63.9 Å². The molecule has 0 aromatic heterocycles. The number of imide groups is 1. The monoisotopic (exact) mass is 564 g/mol. The van der Waals surface area contributed by atoms with Crippen LogP contribution in [0.15, 0.2) is 54.6 Å². The van der Waals surface area contributed by atoms with Gasteiger partial charge in [0.25, 0.3) is 5.91 Å². The Kier molecular flexibility index (Phi) is 9.58. The van der Waals surface area contributed by atoms with Crippen LogP contribution in [-0.2, 0) is 16.2 Å². The Balaban J connectivity index is 1.00. The standard InChI is InChI=1S/C30H40N6O5/c1-2-40-26-10-8-25(9-11-26)34-16-18-35(19-17-34)30(39)41-36-28(37)27(32-29(36)38)21-31-20-23-12-14-33(15-13-23)22-24-6-4-3-5-7-24/h3-11,23,27,31H,2,12-22H2,1H3,(H,32,38). The molecule has 2 aromatic carbocycles. The normalized spacial score (nSPS) is 20.3. The van der Waals surface area contributed by atoms with Gasteiger partial charge in [-0.05, 0) is 75.1 Å². The molecule has 2 aromatic rings. The lowest BCUT2D eigenvalue weighted by Gasteiger charge is -2.35. The van der Waals surface area contributed by atoms with Crippen molar-refractivity contribution in [1.29, 1.82) is 0 Å². The molecule has 1 unspecified atom stereocenters. The highest BCUT2D eigenvalue weighted by atomic mass is 16.7. The van der Waals surface area contributed by atoms with Gasteiger partial charge in [0.15, 0.2) is 0 Å². The number of amides is 4. The number of carbonyl (C=O) groups is 3. The number of hydrogen-bond donors (Lipinski definition) is 2. The maximum Gasteiger partial charge on any atom is 0.434 e. The van der Waals surface area contributed by atoms with Crippen LogP contribution in [0.4, 0.5) is 15.3 Å². The topological polar surface area (TPSA) is 107 Å². The fourth-order valence-corrected chi connectivity index (χ4v) is 5.56. The van der Waals surface area contributed by atoms with E-state index in [4.69, 9.17) is 9.57 Å². The van der Waals surface area contributed by atoms with Crippen molar-refractivity contribution < 1.29 is 24.0 Å². The van der Waals surface area contributed by atoms with Crippen LogP contribution in [0.3, 0.4) is 0 Å². The number of urea groups is 1. The SMILES string of the molecule is CCOc1ccc(N2CCN(C(=O)ON3C(=O)NC(CNCC4CCN(Cc5ccccc5)CC4)C3=O)CC2)cc1. The summed E-state index contributed by atoms with van der Waals surface area (Å²) in [5, 5.41) is 6.53. The lowest BCUT2D eigenvalue weighted by atomic mass is 9.96. The molecule has 0 spiro atoms. The van der Waals surface area contributed by atoms with Gasteiger partial charge in [-0.2, -0.15) is 0 Å². The van der Waals surface area contributed by atoms with E-state index < -0.39 is 24.1 Å². The number of nitrogens with one attached hydrogen (secondary N) is 2. The van der Waals surface area contributed by atoms with E-state index in [1.54, 1.807) is 0 Å². The van der Waals surface area contributed by atoms with Crippen molar-refractivity contribution in [2.24, 2.45) is 5.92 Å². The fraction of sp³-hybridized carbons (Fsp3) is 0.500. The van der Waals surface area contributed by atoms with Gasteiger partial charge in [0.1, 0.15) is 11.8 Å². The average molecular weight is 565 g/mol. The number of benzene rings is 2. The predicted molar refractivity (Wildman–Crippen MR) is 154 cm³/mol. The molecule has 0 aliphatic carbocycles. The van der Waals surface area contributed by atoms with Crippen molar-refractivity contribution in [2.45, 2.75) is 32.4 Å². The molecule has 3 aliphatic rings. The van der Waals surface area contributed by atoms with E-state index in [2.05, 4.69) is 44.7 Å². The summed E-state index contributed by atoms with van der Waals surface area (Å²) in [7, 11) is 0. The Morgan fingerprint density at radius 2 is 1.63 bits per heavy atom. The van der Waals surface area contributed by atoms with Crippen LogP contribution in [0.2, 0.25) is 0 Å². The third-order valence-electron chi connectivity index (χ3n) is 7.94. The highest BCUT2D eigenvalue weighted by Crippen LogP contribution is 2.22. The second-order valence-corrected chi connectivity index (χ2v) is 10.8. The Morgan fingerprint density at radius 3 is 2.32 bits per heavy atom. The molecular formula is C30H40N6O5. The molecule has 220 valence electrons. The Morgan fingerprint density at radius 1 is 0.927 bits per heavy atom. The zero-order chi connectivity index (χ0) is 28.6. The number of ether oxygens (including phenoxy) is 1. The molecule has 11 nitrogen and oxygen atoms in total. The minimum absolute atomic E-state index is 0.295. The second-order valence-electron chi connectivity index (χ2n) is 10.8. The maximum absolute atomic E-state index is 12.8. The molecule has 4 amide bonds. The first-order chi connectivity index (χ1) is 20.0. The summed E-state index contributed by atoms with van der Waals surface area (Å²) in [6, 6.07) is 16.9. The summed E-state index contributed by atoms with van der Waals surface area (Å²) in [5.41, 5.74) is 2.37. The van der Waals surface area contributed by atoms with E-state index in [1.807, 2.05) is 37.3 Å². The number of carbonyl (C=O) groups excluding carboxylic acids is 3. The first-order valence-electron chi connectivity index (χ1n) is 14.6. The van der Waals surface area contributed by atoms with E-state index in [1.165, 1.54) is 10.5 Å². The Labute approximate surface area is 241 Å². The Hall–Kier alpha value is -3.83. The summed E-state index contributed by atoms with van der Waals surface area (Å²) >= 11 is 0. The lowest BCUT2D eigenvalue weighted by molar-refractivity contribution is -0.151. The highest BCUT2D eigenvalue weighted by Gasteiger charge is 2.42. The van der Waals surface area contributed by atoms with Crippen molar-refractivity contribution in [3.05, 3.63) is 60.2 Å². The minimum atomic E-state index is -0.759. The van der Waals surface area contributed by atoms with Gasteiger partial charge in [0, 0.05) is 45.0 Å². The van der Waals surface area contributed by atoms with Crippen molar-refractivity contribution in [3.8, 4) is 5.75 Å². The maximum atomic E-state index is 12.8. The first kappa shape index (κ1) is 28.7. The van der Waals surface area contributed by atoms with Gasteiger partial charge < -0.3 is 30.0 Å². The van der Waals surface area contributed by atoms with Gasteiger partial charge in [0.05, 0.1) is 6.61 Å². The quantitative estimate of drug-likeness (QED) is 0.425. The summed E-state index contributed by atoms with van der Waals surface area (Å²) in [4.78, 5) is 49.4. The second kappa shape index (κ2) is 13.7. The van der Waals surface area contributed by atoms with Gasteiger partial charge >= 0.3 is 12.1 Å². The predicted octanol–water partition coefficient (Wildman–Crippen LogP) is 2.68. The third-order valence-corrected chi connectivity index (χ3v) is 7.94. The summed E-state index contributed by atoms with van der Waals surface area (Å²) in [5.74, 6) is 0.784. The van der Waals surface area contributed by atoms with E-state index in [9.17, 15) is 14.4 Å². The van der Waals surface area contributed by atoms with E-state index >= 15 is 0 Å². The smallest absolute Gasteiger partial charge is 0.434 e. The number of piperidine rings is 1. The third kappa shape index (κ3) is 7.47. The molecule has 3 fully saturated rings. The lowest BCUT2D eigenvalue weighted by Crippen LogP contribution is -2.50. The molecule has 0 bridgehead atoms. The van der Waals surface area contributed by atoms with E-state index in [0.29, 0.717) is 50.3 Å². The molecule has 0 radical (unpaired) electrons. The molecule has 3 heterocycles. The molecule has 41 heavy (non-hydrogen) atoms. The number of anilines is 1. The van der Waals surface area contributed by atoms with E-state index in [0.717, 1.165) is 50.5 Å². The molecular weight excluding hydrogens is 524 g/mol. The summed E-state index contributed by atoms with van der Waals surface area (Å²) < 4.78 is 5.50. The van der Waals surface area contributed by atoms with Gasteiger partial charge in [0.2, 0.25) is 0 Å². The van der Waals surface area contributed by atoms with Crippen molar-refractivity contribution >= 4 is 23.7 Å². The molecule has 3 aliphatic heterocycles.